The minimum atomic E-state index is -0.888. The zero-order chi connectivity index (χ0) is 18.1. The van der Waals surface area contributed by atoms with E-state index in [0.717, 1.165) is 5.56 Å². The number of amides is 1. The standard InChI is InChI=1S/C20H21NO4/c1-3-12-21-19(22)15(2)25-20(23)17-10-7-11-18(13-17)24-14-16-8-5-4-6-9-16/h3-11,13,15H,1,12,14H2,2H3,(H,21,22)/t15-/m1/s1. The van der Waals surface area contributed by atoms with Gasteiger partial charge in [0, 0.05) is 6.54 Å². The van der Waals surface area contributed by atoms with E-state index in [2.05, 4.69) is 11.9 Å². The molecule has 0 saturated carbocycles. The van der Waals surface area contributed by atoms with E-state index in [9.17, 15) is 9.59 Å². The van der Waals surface area contributed by atoms with Crippen molar-refractivity contribution in [3.05, 3.63) is 78.4 Å². The summed E-state index contributed by atoms with van der Waals surface area (Å²) < 4.78 is 10.9. The summed E-state index contributed by atoms with van der Waals surface area (Å²) in [4.78, 5) is 23.9. The van der Waals surface area contributed by atoms with Gasteiger partial charge in [-0.25, -0.2) is 4.79 Å². The Balaban J connectivity index is 1.94. The molecule has 2 aromatic carbocycles. The molecule has 130 valence electrons. The van der Waals surface area contributed by atoms with E-state index >= 15 is 0 Å². The molecule has 0 bridgehead atoms. The van der Waals surface area contributed by atoms with Crippen LogP contribution in [0.1, 0.15) is 22.8 Å². The normalized spacial score (nSPS) is 11.2. The second kappa shape index (κ2) is 9.27. The summed E-state index contributed by atoms with van der Waals surface area (Å²) in [5.41, 5.74) is 1.36. The van der Waals surface area contributed by atoms with Crippen LogP contribution in [0.15, 0.2) is 67.3 Å². The molecule has 25 heavy (non-hydrogen) atoms. The number of carbonyl (C=O) groups excluding carboxylic acids is 2. The number of esters is 1. The molecule has 0 saturated heterocycles. The van der Waals surface area contributed by atoms with Gasteiger partial charge in [0.2, 0.25) is 0 Å². The van der Waals surface area contributed by atoms with Crippen LogP contribution < -0.4 is 10.1 Å². The lowest BCUT2D eigenvalue weighted by Gasteiger charge is -2.13. The first-order valence-electron chi connectivity index (χ1n) is 7.96. The van der Waals surface area contributed by atoms with E-state index in [1.165, 1.54) is 6.92 Å². The Labute approximate surface area is 147 Å². The first-order chi connectivity index (χ1) is 12.1. The molecule has 2 rings (SSSR count). The molecule has 0 heterocycles. The zero-order valence-electron chi connectivity index (χ0n) is 14.1. The van der Waals surface area contributed by atoms with Gasteiger partial charge >= 0.3 is 5.97 Å². The minimum Gasteiger partial charge on any atom is -0.489 e. The van der Waals surface area contributed by atoms with Crippen LogP contribution in [-0.4, -0.2) is 24.5 Å². The maximum Gasteiger partial charge on any atom is 0.339 e. The number of benzene rings is 2. The van der Waals surface area contributed by atoms with Gasteiger partial charge in [0.15, 0.2) is 6.10 Å². The van der Waals surface area contributed by atoms with Gasteiger partial charge in [-0.2, -0.15) is 0 Å². The van der Waals surface area contributed by atoms with Crippen molar-refractivity contribution < 1.29 is 19.1 Å². The lowest BCUT2D eigenvalue weighted by molar-refractivity contribution is -0.128. The molecule has 2 aromatic rings. The molecule has 0 radical (unpaired) electrons. The Morgan fingerprint density at radius 1 is 1.16 bits per heavy atom. The second-order valence-electron chi connectivity index (χ2n) is 5.38. The lowest BCUT2D eigenvalue weighted by Crippen LogP contribution is -2.35. The summed E-state index contributed by atoms with van der Waals surface area (Å²) in [6.45, 7) is 5.76. The van der Waals surface area contributed by atoms with Crippen molar-refractivity contribution in [3.63, 3.8) is 0 Å². The van der Waals surface area contributed by atoms with Crippen LogP contribution in [0.4, 0.5) is 0 Å². The molecule has 0 aliphatic heterocycles. The highest BCUT2D eigenvalue weighted by Crippen LogP contribution is 2.16. The molecular weight excluding hydrogens is 318 g/mol. The van der Waals surface area contributed by atoms with Gasteiger partial charge in [0.1, 0.15) is 12.4 Å². The second-order valence-corrected chi connectivity index (χ2v) is 5.38. The summed E-state index contributed by atoms with van der Waals surface area (Å²) >= 11 is 0. The maximum absolute atomic E-state index is 12.2. The van der Waals surface area contributed by atoms with Crippen LogP contribution in [-0.2, 0) is 16.1 Å². The van der Waals surface area contributed by atoms with Crippen molar-refractivity contribution in [1.29, 1.82) is 0 Å². The predicted octanol–water partition coefficient (Wildman–Crippen LogP) is 3.11. The van der Waals surface area contributed by atoms with Crippen molar-refractivity contribution in [3.8, 4) is 5.75 Å². The molecule has 5 heteroatoms. The Morgan fingerprint density at radius 3 is 2.64 bits per heavy atom. The van der Waals surface area contributed by atoms with Gasteiger partial charge in [0.05, 0.1) is 5.56 Å². The van der Waals surface area contributed by atoms with E-state index in [-0.39, 0.29) is 5.91 Å². The van der Waals surface area contributed by atoms with Gasteiger partial charge in [-0.15, -0.1) is 6.58 Å². The van der Waals surface area contributed by atoms with Crippen molar-refractivity contribution >= 4 is 11.9 Å². The fraction of sp³-hybridized carbons (Fsp3) is 0.200. The van der Waals surface area contributed by atoms with Crippen LogP contribution in [0.2, 0.25) is 0 Å². The first-order valence-corrected chi connectivity index (χ1v) is 7.96. The van der Waals surface area contributed by atoms with Crippen LogP contribution in [0, 0.1) is 0 Å². The third-order valence-electron chi connectivity index (χ3n) is 3.39. The molecule has 1 atom stereocenters. The number of ether oxygens (including phenoxy) is 2. The van der Waals surface area contributed by atoms with Gasteiger partial charge in [0.25, 0.3) is 5.91 Å². The zero-order valence-corrected chi connectivity index (χ0v) is 14.1. The average molecular weight is 339 g/mol. The molecule has 5 nitrogen and oxygen atoms in total. The molecule has 0 fully saturated rings. The summed E-state index contributed by atoms with van der Waals surface area (Å²) in [7, 11) is 0. The van der Waals surface area contributed by atoms with Crippen LogP contribution in [0.25, 0.3) is 0 Å². The number of nitrogens with one attached hydrogen (secondary N) is 1. The molecule has 0 unspecified atom stereocenters. The van der Waals surface area contributed by atoms with Gasteiger partial charge in [-0.05, 0) is 30.7 Å². The molecular formula is C20H21NO4. The van der Waals surface area contributed by atoms with Crippen molar-refractivity contribution in [2.75, 3.05) is 6.54 Å². The number of carbonyl (C=O) groups is 2. The quantitative estimate of drug-likeness (QED) is 0.593. The summed E-state index contributed by atoms with van der Waals surface area (Å²) in [6.07, 6.45) is 0.668. The predicted molar refractivity (Wildman–Crippen MR) is 95.3 cm³/mol. The van der Waals surface area contributed by atoms with Gasteiger partial charge in [-0.3, -0.25) is 4.79 Å². The molecule has 0 aliphatic rings. The number of hydrogen-bond donors (Lipinski definition) is 1. The highest BCUT2D eigenvalue weighted by Gasteiger charge is 2.18. The molecule has 0 aliphatic carbocycles. The smallest absolute Gasteiger partial charge is 0.339 e. The monoisotopic (exact) mass is 339 g/mol. The van der Waals surface area contributed by atoms with Crippen LogP contribution in [0.5, 0.6) is 5.75 Å². The highest BCUT2D eigenvalue weighted by molar-refractivity contribution is 5.92. The van der Waals surface area contributed by atoms with Gasteiger partial charge in [-0.1, -0.05) is 42.5 Å². The number of rotatable bonds is 8. The summed E-state index contributed by atoms with van der Waals surface area (Å²) in [5, 5.41) is 2.58. The van der Waals surface area contributed by atoms with Crippen molar-refractivity contribution in [2.45, 2.75) is 19.6 Å². The molecule has 0 spiro atoms. The fourth-order valence-electron chi connectivity index (χ4n) is 2.05. The Kier molecular flexibility index (Phi) is 6.77. The average Bonchev–Trinajstić information content (AvgIpc) is 2.65. The third kappa shape index (κ3) is 5.80. The largest absolute Gasteiger partial charge is 0.489 e. The van der Waals surface area contributed by atoms with Crippen LogP contribution in [0.3, 0.4) is 0 Å². The van der Waals surface area contributed by atoms with Crippen molar-refractivity contribution in [1.82, 2.24) is 5.32 Å². The Bertz CT molecular complexity index is 727. The number of hydrogen-bond acceptors (Lipinski definition) is 4. The first kappa shape index (κ1) is 18.3. The Morgan fingerprint density at radius 2 is 1.92 bits per heavy atom. The van der Waals surface area contributed by atoms with E-state index in [1.54, 1.807) is 30.3 Å². The van der Waals surface area contributed by atoms with E-state index in [4.69, 9.17) is 9.47 Å². The lowest BCUT2D eigenvalue weighted by atomic mass is 10.2. The Hall–Kier alpha value is -3.08. The topological polar surface area (TPSA) is 64.6 Å². The molecule has 1 amide bonds. The van der Waals surface area contributed by atoms with E-state index in [1.807, 2.05) is 30.3 Å². The van der Waals surface area contributed by atoms with E-state index in [0.29, 0.717) is 24.5 Å². The highest BCUT2D eigenvalue weighted by atomic mass is 16.5. The molecule has 0 aromatic heterocycles. The summed E-state index contributed by atoms with van der Waals surface area (Å²) in [5.74, 6) is -0.391. The minimum absolute atomic E-state index is 0.323. The van der Waals surface area contributed by atoms with Crippen molar-refractivity contribution in [2.24, 2.45) is 0 Å². The maximum atomic E-state index is 12.2. The molecule has 1 N–H and O–H groups in total. The fourth-order valence-corrected chi connectivity index (χ4v) is 2.05. The van der Waals surface area contributed by atoms with Crippen LogP contribution >= 0.6 is 0 Å². The van der Waals surface area contributed by atoms with E-state index < -0.39 is 12.1 Å². The SMILES string of the molecule is C=CCNC(=O)[C@@H](C)OC(=O)c1cccc(OCc2ccccc2)c1. The summed E-state index contributed by atoms with van der Waals surface area (Å²) in [6, 6.07) is 16.4. The third-order valence-corrected chi connectivity index (χ3v) is 3.39. The van der Waals surface area contributed by atoms with Gasteiger partial charge < -0.3 is 14.8 Å².